The Hall–Kier alpha value is -2.71. The van der Waals surface area contributed by atoms with Crippen molar-refractivity contribution in [2.75, 3.05) is 12.4 Å². The second-order valence-corrected chi connectivity index (χ2v) is 6.63. The van der Waals surface area contributed by atoms with Crippen molar-refractivity contribution in [2.24, 2.45) is 5.92 Å². The summed E-state index contributed by atoms with van der Waals surface area (Å²) >= 11 is 0. The fraction of sp³-hybridized carbons (Fsp3) is 0.562. The molecule has 0 unspecified atom stereocenters. The zero-order valence-electron chi connectivity index (χ0n) is 15.2. The van der Waals surface area contributed by atoms with Crippen molar-refractivity contribution in [2.45, 2.75) is 46.3 Å². The average molecular weight is 352 g/mol. The van der Waals surface area contributed by atoms with Crippen LogP contribution >= 0.6 is 0 Å². The molecule has 1 rings (SSSR count). The average Bonchev–Trinajstić information content (AvgIpc) is 2.50. The molecule has 0 aliphatic heterocycles. The third-order valence-corrected chi connectivity index (χ3v) is 2.92. The fourth-order valence-electron chi connectivity index (χ4n) is 1.80. The summed E-state index contributed by atoms with van der Waals surface area (Å²) in [5.41, 5.74) is -0.662. The molecule has 0 aliphatic rings. The number of rotatable bonds is 5. The van der Waals surface area contributed by atoms with E-state index in [-0.39, 0.29) is 17.4 Å². The normalized spacial score (nSPS) is 12.3. The summed E-state index contributed by atoms with van der Waals surface area (Å²) in [7, 11) is 1.22. The Morgan fingerprint density at radius 2 is 1.80 bits per heavy atom. The maximum Gasteiger partial charge on any atom is 0.356 e. The lowest BCUT2D eigenvalue weighted by Gasteiger charge is -2.26. The summed E-state index contributed by atoms with van der Waals surface area (Å²) in [6.45, 7) is 8.82. The molecule has 0 radical (unpaired) electrons. The van der Waals surface area contributed by atoms with E-state index in [1.807, 2.05) is 0 Å². The molecule has 9 heteroatoms. The van der Waals surface area contributed by atoms with E-state index in [9.17, 15) is 14.4 Å². The molecule has 2 amide bonds. The zero-order valence-corrected chi connectivity index (χ0v) is 15.2. The SMILES string of the molecule is COC(=O)c1cc(NC(=O)N[C@@H](C(=O)OC(C)(C)C)C(C)C)ncn1. The van der Waals surface area contributed by atoms with Crippen molar-refractivity contribution in [3.05, 3.63) is 18.1 Å². The molecule has 1 aromatic rings. The van der Waals surface area contributed by atoms with Crippen LogP contribution in [0.15, 0.2) is 12.4 Å². The van der Waals surface area contributed by atoms with Gasteiger partial charge in [-0.3, -0.25) is 5.32 Å². The Morgan fingerprint density at radius 3 is 2.32 bits per heavy atom. The molecule has 1 aromatic heterocycles. The second kappa shape index (κ2) is 8.41. The maximum atomic E-state index is 12.2. The Kier molecular flexibility index (Phi) is 6.84. The monoisotopic (exact) mass is 352 g/mol. The molecule has 1 heterocycles. The van der Waals surface area contributed by atoms with Gasteiger partial charge in [0.25, 0.3) is 0 Å². The quantitative estimate of drug-likeness (QED) is 0.775. The first-order valence-corrected chi connectivity index (χ1v) is 7.74. The number of hydrogen-bond acceptors (Lipinski definition) is 7. The van der Waals surface area contributed by atoms with E-state index in [0.29, 0.717) is 0 Å². The maximum absolute atomic E-state index is 12.2. The first kappa shape index (κ1) is 20.3. The number of nitrogens with one attached hydrogen (secondary N) is 2. The predicted molar refractivity (Wildman–Crippen MR) is 90.0 cm³/mol. The van der Waals surface area contributed by atoms with Gasteiger partial charge in [-0.1, -0.05) is 13.8 Å². The second-order valence-electron chi connectivity index (χ2n) is 6.63. The number of hydrogen-bond donors (Lipinski definition) is 2. The van der Waals surface area contributed by atoms with Crippen molar-refractivity contribution in [1.29, 1.82) is 0 Å². The molecule has 0 saturated heterocycles. The summed E-state index contributed by atoms with van der Waals surface area (Å²) in [5, 5.41) is 5.00. The molecule has 9 nitrogen and oxygen atoms in total. The van der Waals surface area contributed by atoms with Crippen LogP contribution in [0.25, 0.3) is 0 Å². The van der Waals surface area contributed by atoms with Crippen molar-refractivity contribution in [3.8, 4) is 0 Å². The van der Waals surface area contributed by atoms with Crippen LogP contribution in [0, 0.1) is 5.92 Å². The van der Waals surface area contributed by atoms with Crippen LogP contribution in [-0.4, -0.2) is 46.7 Å². The molecule has 25 heavy (non-hydrogen) atoms. The largest absolute Gasteiger partial charge is 0.464 e. The van der Waals surface area contributed by atoms with Gasteiger partial charge in [-0.15, -0.1) is 0 Å². The molecule has 0 aliphatic carbocycles. The lowest BCUT2D eigenvalue weighted by atomic mass is 10.0. The smallest absolute Gasteiger partial charge is 0.356 e. The molecular weight excluding hydrogens is 328 g/mol. The summed E-state index contributed by atoms with van der Waals surface area (Å²) < 4.78 is 9.86. The number of aromatic nitrogens is 2. The first-order chi connectivity index (χ1) is 11.5. The summed E-state index contributed by atoms with van der Waals surface area (Å²) in [4.78, 5) is 43.4. The molecule has 0 aromatic carbocycles. The molecule has 0 spiro atoms. The Balaban J connectivity index is 2.79. The number of carbonyl (C=O) groups is 3. The molecule has 0 bridgehead atoms. The number of amides is 2. The summed E-state index contributed by atoms with van der Waals surface area (Å²) in [5.74, 6) is -1.27. The number of ether oxygens (including phenoxy) is 2. The fourth-order valence-corrected chi connectivity index (χ4v) is 1.80. The molecule has 0 fully saturated rings. The van der Waals surface area contributed by atoms with Crippen LogP contribution in [0.2, 0.25) is 0 Å². The van der Waals surface area contributed by atoms with Crippen molar-refractivity contribution in [1.82, 2.24) is 15.3 Å². The van der Waals surface area contributed by atoms with Crippen LogP contribution in [0.3, 0.4) is 0 Å². The van der Waals surface area contributed by atoms with Gasteiger partial charge in [0, 0.05) is 6.07 Å². The van der Waals surface area contributed by atoms with Crippen LogP contribution in [0.4, 0.5) is 10.6 Å². The van der Waals surface area contributed by atoms with Gasteiger partial charge in [0.05, 0.1) is 7.11 Å². The van der Waals surface area contributed by atoms with E-state index in [1.54, 1.807) is 34.6 Å². The highest BCUT2D eigenvalue weighted by atomic mass is 16.6. The van der Waals surface area contributed by atoms with E-state index in [2.05, 4.69) is 25.3 Å². The van der Waals surface area contributed by atoms with Gasteiger partial charge in [-0.2, -0.15) is 0 Å². The Bertz CT molecular complexity index is 640. The third-order valence-electron chi connectivity index (χ3n) is 2.92. The zero-order chi connectivity index (χ0) is 19.2. The minimum Gasteiger partial charge on any atom is -0.464 e. The minimum absolute atomic E-state index is 0.000326. The highest BCUT2D eigenvalue weighted by Gasteiger charge is 2.29. The Morgan fingerprint density at radius 1 is 1.16 bits per heavy atom. The van der Waals surface area contributed by atoms with Crippen molar-refractivity contribution < 1.29 is 23.9 Å². The van der Waals surface area contributed by atoms with Crippen LogP contribution in [0.1, 0.15) is 45.1 Å². The molecule has 2 N–H and O–H groups in total. The number of urea groups is 1. The van der Waals surface area contributed by atoms with Gasteiger partial charge in [-0.25, -0.2) is 24.4 Å². The van der Waals surface area contributed by atoms with Gasteiger partial charge in [0.15, 0.2) is 5.69 Å². The lowest BCUT2D eigenvalue weighted by molar-refractivity contribution is -0.158. The van der Waals surface area contributed by atoms with Gasteiger partial charge < -0.3 is 14.8 Å². The first-order valence-electron chi connectivity index (χ1n) is 7.74. The number of methoxy groups -OCH3 is 1. The van der Waals surface area contributed by atoms with Gasteiger partial charge in [-0.05, 0) is 26.7 Å². The van der Waals surface area contributed by atoms with Crippen LogP contribution < -0.4 is 10.6 Å². The topological polar surface area (TPSA) is 120 Å². The molecule has 0 saturated carbocycles. The van der Waals surface area contributed by atoms with Crippen molar-refractivity contribution >= 4 is 23.8 Å². The van der Waals surface area contributed by atoms with Gasteiger partial charge in [0.2, 0.25) is 0 Å². The molecular formula is C16H24N4O5. The predicted octanol–water partition coefficient (Wildman–Crippen LogP) is 1.75. The summed E-state index contributed by atoms with van der Waals surface area (Å²) in [6.07, 6.45) is 1.12. The highest BCUT2D eigenvalue weighted by molar-refractivity contribution is 5.93. The Labute approximate surface area is 146 Å². The van der Waals surface area contributed by atoms with Crippen LogP contribution in [0.5, 0.6) is 0 Å². The highest BCUT2D eigenvalue weighted by Crippen LogP contribution is 2.13. The minimum atomic E-state index is -0.832. The molecule has 1 atom stereocenters. The third kappa shape index (κ3) is 6.74. The van der Waals surface area contributed by atoms with E-state index < -0.39 is 29.6 Å². The lowest BCUT2D eigenvalue weighted by Crippen LogP contribution is -2.48. The van der Waals surface area contributed by atoms with E-state index in [0.717, 1.165) is 6.33 Å². The molecule has 138 valence electrons. The van der Waals surface area contributed by atoms with Crippen molar-refractivity contribution in [3.63, 3.8) is 0 Å². The number of carbonyl (C=O) groups excluding carboxylic acids is 3. The van der Waals surface area contributed by atoms with Crippen LogP contribution in [-0.2, 0) is 14.3 Å². The standard InChI is InChI=1S/C16H24N4O5/c1-9(2)12(14(22)25-16(3,4)5)20-15(23)19-11-7-10(13(21)24-6)17-8-18-11/h7-9,12H,1-6H3,(H2,17,18,19,20,23)/t12-/m1/s1. The van der Waals surface area contributed by atoms with Gasteiger partial charge >= 0.3 is 18.0 Å². The summed E-state index contributed by atoms with van der Waals surface area (Å²) in [6, 6.07) is -0.219. The van der Waals surface area contributed by atoms with E-state index in [1.165, 1.54) is 13.2 Å². The van der Waals surface area contributed by atoms with E-state index >= 15 is 0 Å². The number of esters is 2. The number of nitrogens with zero attached hydrogens (tertiary/aromatic N) is 2. The number of anilines is 1. The van der Waals surface area contributed by atoms with Gasteiger partial charge in [0.1, 0.15) is 23.8 Å². The van der Waals surface area contributed by atoms with E-state index in [4.69, 9.17) is 4.74 Å².